The Hall–Kier alpha value is -2.57. The highest BCUT2D eigenvalue weighted by molar-refractivity contribution is 6.35. The molecular formula is C20H18Cl2N2O4. The number of carbonyl (C=O) groups is 2. The van der Waals surface area contributed by atoms with E-state index in [4.69, 9.17) is 33.0 Å². The van der Waals surface area contributed by atoms with Crippen LogP contribution in [-0.4, -0.2) is 34.8 Å². The Morgan fingerprint density at radius 1 is 1.18 bits per heavy atom. The molecule has 1 aliphatic heterocycles. The maximum Gasteiger partial charge on any atom is 0.303 e. The van der Waals surface area contributed by atoms with Gasteiger partial charge in [-0.25, -0.2) is 5.01 Å². The molecule has 0 saturated heterocycles. The van der Waals surface area contributed by atoms with Crippen LogP contribution < -0.4 is 4.74 Å². The molecule has 146 valence electrons. The van der Waals surface area contributed by atoms with Crippen LogP contribution in [0, 0.1) is 0 Å². The summed E-state index contributed by atoms with van der Waals surface area (Å²) in [6, 6.07) is 12.0. The zero-order chi connectivity index (χ0) is 20.3. The highest BCUT2D eigenvalue weighted by atomic mass is 35.5. The SMILES string of the molecule is COc1ccc(C2=NN(C(=O)CCC(=O)O)[C@@H](c3ccc(Cl)cc3Cl)C2)cc1. The molecule has 2 aromatic rings. The lowest BCUT2D eigenvalue weighted by Gasteiger charge is -2.22. The van der Waals surface area contributed by atoms with E-state index in [9.17, 15) is 9.59 Å². The molecule has 2 aromatic carbocycles. The molecule has 0 fully saturated rings. The first kappa shape index (κ1) is 20.2. The van der Waals surface area contributed by atoms with E-state index in [2.05, 4.69) is 5.10 Å². The van der Waals surface area contributed by atoms with Gasteiger partial charge in [-0.2, -0.15) is 5.10 Å². The molecule has 0 spiro atoms. The molecule has 6 nitrogen and oxygen atoms in total. The van der Waals surface area contributed by atoms with Crippen LogP contribution in [0.25, 0.3) is 0 Å². The maximum atomic E-state index is 12.7. The minimum Gasteiger partial charge on any atom is -0.497 e. The van der Waals surface area contributed by atoms with E-state index < -0.39 is 12.0 Å². The van der Waals surface area contributed by atoms with Gasteiger partial charge in [0.05, 0.1) is 25.3 Å². The Morgan fingerprint density at radius 3 is 2.50 bits per heavy atom. The number of rotatable bonds is 6. The predicted octanol–water partition coefficient (Wildman–Crippen LogP) is 4.54. The number of amides is 1. The van der Waals surface area contributed by atoms with E-state index in [0.717, 1.165) is 5.56 Å². The van der Waals surface area contributed by atoms with Gasteiger partial charge >= 0.3 is 5.97 Å². The molecule has 1 amide bonds. The zero-order valence-corrected chi connectivity index (χ0v) is 16.6. The molecule has 1 heterocycles. The summed E-state index contributed by atoms with van der Waals surface area (Å²) in [5.41, 5.74) is 2.27. The van der Waals surface area contributed by atoms with Crippen molar-refractivity contribution in [1.82, 2.24) is 5.01 Å². The lowest BCUT2D eigenvalue weighted by atomic mass is 9.98. The molecule has 1 N–H and O–H groups in total. The summed E-state index contributed by atoms with van der Waals surface area (Å²) < 4.78 is 5.17. The molecule has 28 heavy (non-hydrogen) atoms. The van der Waals surface area contributed by atoms with Crippen LogP contribution in [0.4, 0.5) is 0 Å². The Morgan fingerprint density at radius 2 is 1.89 bits per heavy atom. The summed E-state index contributed by atoms with van der Waals surface area (Å²) in [6.45, 7) is 0. The summed E-state index contributed by atoms with van der Waals surface area (Å²) in [5, 5.41) is 15.6. The Balaban J connectivity index is 1.93. The first-order valence-electron chi connectivity index (χ1n) is 8.59. The van der Waals surface area contributed by atoms with E-state index in [-0.39, 0.29) is 18.7 Å². The van der Waals surface area contributed by atoms with E-state index in [1.165, 1.54) is 5.01 Å². The lowest BCUT2D eigenvalue weighted by molar-refractivity contribution is -0.141. The van der Waals surface area contributed by atoms with Crippen LogP contribution >= 0.6 is 23.2 Å². The molecule has 0 radical (unpaired) electrons. The highest BCUT2D eigenvalue weighted by Crippen LogP contribution is 2.37. The van der Waals surface area contributed by atoms with Crippen molar-refractivity contribution in [3.8, 4) is 5.75 Å². The van der Waals surface area contributed by atoms with Gasteiger partial charge in [0.25, 0.3) is 0 Å². The van der Waals surface area contributed by atoms with Gasteiger partial charge in [-0.1, -0.05) is 29.3 Å². The molecular weight excluding hydrogens is 403 g/mol. The van der Waals surface area contributed by atoms with Gasteiger partial charge in [0.1, 0.15) is 5.75 Å². The summed E-state index contributed by atoms with van der Waals surface area (Å²) in [5.74, 6) is -0.691. The van der Waals surface area contributed by atoms with Crippen molar-refractivity contribution in [2.75, 3.05) is 7.11 Å². The Kier molecular flexibility index (Phi) is 6.21. The lowest BCUT2D eigenvalue weighted by Crippen LogP contribution is -2.27. The van der Waals surface area contributed by atoms with E-state index in [1.807, 2.05) is 24.3 Å². The standard InChI is InChI=1S/C20H18Cl2N2O4/c1-28-14-5-2-12(3-6-14)17-11-18(15-7-4-13(21)10-16(15)22)24(23-17)19(25)8-9-20(26)27/h2-7,10,18H,8-9,11H2,1H3,(H,26,27)/t18-/m1/s1. The first-order valence-corrected chi connectivity index (χ1v) is 9.35. The number of methoxy groups -OCH3 is 1. The number of carbonyl (C=O) groups excluding carboxylic acids is 1. The first-order chi connectivity index (χ1) is 13.4. The third kappa shape index (κ3) is 4.46. The van der Waals surface area contributed by atoms with Crippen LogP contribution in [0.15, 0.2) is 47.6 Å². The van der Waals surface area contributed by atoms with Crippen molar-refractivity contribution in [2.45, 2.75) is 25.3 Å². The van der Waals surface area contributed by atoms with Crippen LogP contribution in [-0.2, 0) is 9.59 Å². The molecule has 0 bridgehead atoms. The number of nitrogens with zero attached hydrogens (tertiary/aromatic N) is 2. The fraction of sp³-hybridized carbons (Fsp3) is 0.250. The third-order valence-electron chi connectivity index (χ3n) is 4.46. The minimum absolute atomic E-state index is 0.142. The van der Waals surface area contributed by atoms with Crippen LogP contribution in [0.5, 0.6) is 5.75 Å². The van der Waals surface area contributed by atoms with Crippen LogP contribution in [0.1, 0.15) is 36.4 Å². The highest BCUT2D eigenvalue weighted by Gasteiger charge is 2.34. The normalized spacial score (nSPS) is 16.0. The summed E-state index contributed by atoms with van der Waals surface area (Å²) in [4.78, 5) is 23.5. The average Bonchev–Trinajstić information content (AvgIpc) is 3.11. The number of halogens is 2. The van der Waals surface area contributed by atoms with E-state index in [1.54, 1.807) is 25.3 Å². The number of hydrogen-bond donors (Lipinski definition) is 1. The average molecular weight is 421 g/mol. The van der Waals surface area contributed by atoms with Gasteiger partial charge < -0.3 is 9.84 Å². The quantitative estimate of drug-likeness (QED) is 0.743. The molecule has 0 aliphatic carbocycles. The van der Waals surface area contributed by atoms with Crippen molar-refractivity contribution < 1.29 is 19.4 Å². The monoisotopic (exact) mass is 420 g/mol. The number of aliphatic carboxylic acids is 1. The molecule has 1 atom stereocenters. The maximum absolute atomic E-state index is 12.7. The Labute approximate surface area is 172 Å². The fourth-order valence-corrected chi connectivity index (χ4v) is 3.58. The van der Waals surface area contributed by atoms with Crippen molar-refractivity contribution in [3.05, 3.63) is 63.6 Å². The fourth-order valence-electron chi connectivity index (χ4n) is 3.04. The molecule has 8 heteroatoms. The second-order valence-corrected chi connectivity index (χ2v) is 7.14. The Bertz CT molecular complexity index is 928. The van der Waals surface area contributed by atoms with Gasteiger partial charge in [0, 0.05) is 22.9 Å². The summed E-state index contributed by atoms with van der Waals surface area (Å²) in [6.07, 6.45) is 0.0483. The number of hydrogen-bond acceptors (Lipinski definition) is 4. The van der Waals surface area contributed by atoms with Gasteiger partial charge in [-0.15, -0.1) is 0 Å². The van der Waals surface area contributed by atoms with Gasteiger partial charge in [-0.3, -0.25) is 9.59 Å². The zero-order valence-electron chi connectivity index (χ0n) is 15.1. The van der Waals surface area contributed by atoms with Gasteiger partial charge in [-0.05, 0) is 47.5 Å². The number of benzene rings is 2. The van der Waals surface area contributed by atoms with Crippen LogP contribution in [0.3, 0.4) is 0 Å². The molecule has 3 rings (SSSR count). The van der Waals surface area contributed by atoms with E-state index >= 15 is 0 Å². The minimum atomic E-state index is -1.03. The molecule has 0 saturated carbocycles. The number of carboxylic acids is 1. The van der Waals surface area contributed by atoms with Crippen molar-refractivity contribution in [1.29, 1.82) is 0 Å². The third-order valence-corrected chi connectivity index (χ3v) is 5.03. The van der Waals surface area contributed by atoms with E-state index in [0.29, 0.717) is 33.5 Å². The summed E-state index contributed by atoms with van der Waals surface area (Å²) >= 11 is 12.3. The number of carboxylic acid groups (broad SMARTS) is 1. The van der Waals surface area contributed by atoms with Crippen molar-refractivity contribution >= 4 is 40.8 Å². The largest absolute Gasteiger partial charge is 0.497 e. The molecule has 0 unspecified atom stereocenters. The number of ether oxygens (including phenoxy) is 1. The second-order valence-electron chi connectivity index (χ2n) is 6.29. The second kappa shape index (κ2) is 8.63. The van der Waals surface area contributed by atoms with Crippen molar-refractivity contribution in [3.63, 3.8) is 0 Å². The molecule has 1 aliphatic rings. The topological polar surface area (TPSA) is 79.2 Å². The predicted molar refractivity (Wildman–Crippen MR) is 107 cm³/mol. The summed E-state index contributed by atoms with van der Waals surface area (Å²) in [7, 11) is 1.59. The van der Waals surface area contributed by atoms with Crippen LogP contribution in [0.2, 0.25) is 10.0 Å². The smallest absolute Gasteiger partial charge is 0.303 e. The molecule has 0 aromatic heterocycles. The number of hydrazone groups is 1. The van der Waals surface area contributed by atoms with Gasteiger partial charge in [0.2, 0.25) is 5.91 Å². The van der Waals surface area contributed by atoms with Crippen molar-refractivity contribution in [2.24, 2.45) is 5.10 Å². The van der Waals surface area contributed by atoms with Gasteiger partial charge in [0.15, 0.2) is 0 Å².